The molecular weight excluding hydrogens is 226 g/mol. The maximum atomic E-state index is 11.5. The highest BCUT2D eigenvalue weighted by atomic mass is 35.5. The fourth-order valence-corrected chi connectivity index (χ4v) is 1.73. The molecule has 0 spiro atoms. The van der Waals surface area contributed by atoms with E-state index in [9.17, 15) is 4.79 Å². The molecule has 0 radical (unpaired) electrons. The van der Waals surface area contributed by atoms with Crippen LogP contribution < -0.4 is 0 Å². The van der Waals surface area contributed by atoms with Gasteiger partial charge in [0.1, 0.15) is 5.69 Å². The third kappa shape index (κ3) is 1.95. The number of benzene rings is 1. The summed E-state index contributed by atoms with van der Waals surface area (Å²) >= 11 is 5.90. The summed E-state index contributed by atoms with van der Waals surface area (Å²) in [5.74, 6) is -0.389. The highest BCUT2D eigenvalue weighted by Crippen LogP contribution is 2.25. The zero-order chi connectivity index (χ0) is 11.5. The second-order valence-corrected chi connectivity index (χ2v) is 3.70. The van der Waals surface area contributed by atoms with Crippen LogP contribution in [0.2, 0.25) is 5.02 Å². The second kappa shape index (κ2) is 4.41. The third-order valence-electron chi connectivity index (χ3n) is 2.27. The Hall–Kier alpha value is -1.74. The van der Waals surface area contributed by atoms with Gasteiger partial charge < -0.3 is 9.72 Å². The number of H-pyrrole nitrogens is 1. The summed E-state index contributed by atoms with van der Waals surface area (Å²) in [6, 6.07) is 9.14. The van der Waals surface area contributed by atoms with Crippen molar-refractivity contribution in [3.8, 4) is 11.1 Å². The minimum absolute atomic E-state index is 0.389. The Labute approximate surface area is 98.0 Å². The number of nitrogens with one attached hydrogen (secondary N) is 1. The minimum Gasteiger partial charge on any atom is -0.464 e. The monoisotopic (exact) mass is 235 g/mol. The molecule has 0 bridgehead atoms. The van der Waals surface area contributed by atoms with Gasteiger partial charge in [0.2, 0.25) is 0 Å². The first-order valence-corrected chi connectivity index (χ1v) is 5.12. The molecular formula is C12H10ClNO2. The van der Waals surface area contributed by atoms with Crippen LogP contribution in [0.3, 0.4) is 0 Å². The van der Waals surface area contributed by atoms with Crippen LogP contribution in [-0.2, 0) is 4.74 Å². The molecule has 0 unspecified atom stereocenters. The number of halogens is 1. The lowest BCUT2D eigenvalue weighted by atomic mass is 10.1. The molecule has 0 fully saturated rings. The Morgan fingerprint density at radius 3 is 2.88 bits per heavy atom. The van der Waals surface area contributed by atoms with E-state index in [1.165, 1.54) is 7.11 Å². The second-order valence-electron chi connectivity index (χ2n) is 3.27. The third-order valence-corrected chi connectivity index (χ3v) is 2.51. The molecule has 0 atom stereocenters. The molecule has 1 aromatic heterocycles. The van der Waals surface area contributed by atoms with Crippen molar-refractivity contribution in [1.29, 1.82) is 0 Å². The number of rotatable bonds is 2. The summed E-state index contributed by atoms with van der Waals surface area (Å²) < 4.78 is 4.68. The van der Waals surface area contributed by atoms with E-state index in [0.29, 0.717) is 10.7 Å². The van der Waals surface area contributed by atoms with Gasteiger partial charge in [-0.2, -0.15) is 0 Å². The number of hydrogen-bond donors (Lipinski definition) is 1. The molecule has 0 saturated carbocycles. The molecule has 0 aliphatic heterocycles. The number of aromatic amines is 1. The summed E-state index contributed by atoms with van der Waals surface area (Å²) in [7, 11) is 1.35. The molecule has 2 rings (SSSR count). The fraction of sp³-hybridized carbons (Fsp3) is 0.0833. The standard InChI is InChI=1S/C12H10ClNO2/c1-16-12(15)11-10(5-6-14-11)8-3-2-4-9(13)7-8/h2-7,14H,1H3. The molecule has 1 aromatic carbocycles. The van der Waals surface area contributed by atoms with Gasteiger partial charge in [0, 0.05) is 16.8 Å². The normalized spacial score (nSPS) is 10.1. The summed E-state index contributed by atoms with van der Waals surface area (Å²) in [6.45, 7) is 0. The molecule has 0 aliphatic rings. The van der Waals surface area contributed by atoms with Gasteiger partial charge in [0.25, 0.3) is 0 Å². The van der Waals surface area contributed by atoms with Gasteiger partial charge in [0.15, 0.2) is 0 Å². The van der Waals surface area contributed by atoms with Crippen LogP contribution >= 0.6 is 11.6 Å². The van der Waals surface area contributed by atoms with Crippen molar-refractivity contribution in [1.82, 2.24) is 4.98 Å². The van der Waals surface area contributed by atoms with Crippen LogP contribution in [0, 0.1) is 0 Å². The van der Waals surface area contributed by atoms with Gasteiger partial charge in [-0.15, -0.1) is 0 Å². The molecule has 0 saturated heterocycles. The van der Waals surface area contributed by atoms with Crippen molar-refractivity contribution in [2.45, 2.75) is 0 Å². The highest BCUT2D eigenvalue weighted by Gasteiger charge is 2.14. The average molecular weight is 236 g/mol. The SMILES string of the molecule is COC(=O)c1[nH]ccc1-c1cccc(Cl)c1. The van der Waals surface area contributed by atoms with Crippen molar-refractivity contribution < 1.29 is 9.53 Å². The number of ether oxygens (including phenoxy) is 1. The molecule has 4 heteroatoms. The Balaban J connectivity index is 2.48. The van der Waals surface area contributed by atoms with Crippen molar-refractivity contribution in [2.75, 3.05) is 7.11 Å². The number of methoxy groups -OCH3 is 1. The number of esters is 1. The first kappa shape index (κ1) is 10.8. The zero-order valence-corrected chi connectivity index (χ0v) is 9.41. The lowest BCUT2D eigenvalue weighted by Gasteiger charge is -2.03. The molecule has 0 aliphatic carbocycles. The van der Waals surface area contributed by atoms with E-state index in [2.05, 4.69) is 9.72 Å². The quantitative estimate of drug-likeness (QED) is 0.813. The maximum Gasteiger partial charge on any atom is 0.355 e. The predicted molar refractivity (Wildman–Crippen MR) is 62.6 cm³/mol. The van der Waals surface area contributed by atoms with E-state index in [-0.39, 0.29) is 5.97 Å². The van der Waals surface area contributed by atoms with Crippen molar-refractivity contribution in [3.05, 3.63) is 47.2 Å². The Morgan fingerprint density at radius 1 is 1.38 bits per heavy atom. The number of carbonyl (C=O) groups excluding carboxylic acids is 1. The smallest absolute Gasteiger partial charge is 0.355 e. The largest absolute Gasteiger partial charge is 0.464 e. The summed E-state index contributed by atoms with van der Waals surface area (Å²) in [6.07, 6.45) is 1.70. The first-order valence-electron chi connectivity index (χ1n) is 4.74. The molecule has 2 aromatic rings. The molecule has 1 heterocycles. The van der Waals surface area contributed by atoms with Crippen molar-refractivity contribution >= 4 is 17.6 Å². The predicted octanol–water partition coefficient (Wildman–Crippen LogP) is 3.12. The summed E-state index contributed by atoms with van der Waals surface area (Å²) in [5, 5.41) is 0.634. The first-order chi connectivity index (χ1) is 7.72. The van der Waals surface area contributed by atoms with Gasteiger partial charge in [-0.3, -0.25) is 0 Å². The maximum absolute atomic E-state index is 11.5. The average Bonchev–Trinajstić information content (AvgIpc) is 2.77. The van der Waals surface area contributed by atoms with Crippen LogP contribution in [0.25, 0.3) is 11.1 Å². The van der Waals surface area contributed by atoms with Crippen LogP contribution in [-0.4, -0.2) is 18.1 Å². The van der Waals surface area contributed by atoms with E-state index in [4.69, 9.17) is 11.6 Å². The number of aromatic nitrogens is 1. The van der Waals surface area contributed by atoms with Crippen LogP contribution in [0.15, 0.2) is 36.5 Å². The topological polar surface area (TPSA) is 42.1 Å². The fourth-order valence-electron chi connectivity index (χ4n) is 1.54. The molecule has 1 N–H and O–H groups in total. The van der Waals surface area contributed by atoms with Gasteiger partial charge in [-0.05, 0) is 23.8 Å². The number of carbonyl (C=O) groups is 1. The minimum atomic E-state index is -0.389. The van der Waals surface area contributed by atoms with Crippen LogP contribution in [0.1, 0.15) is 10.5 Å². The van der Waals surface area contributed by atoms with E-state index >= 15 is 0 Å². The number of hydrogen-bond acceptors (Lipinski definition) is 2. The van der Waals surface area contributed by atoms with E-state index < -0.39 is 0 Å². The van der Waals surface area contributed by atoms with Crippen LogP contribution in [0.4, 0.5) is 0 Å². The molecule has 0 amide bonds. The van der Waals surface area contributed by atoms with Gasteiger partial charge >= 0.3 is 5.97 Å². The van der Waals surface area contributed by atoms with Gasteiger partial charge in [-0.25, -0.2) is 4.79 Å². The summed E-state index contributed by atoms with van der Waals surface area (Å²) in [4.78, 5) is 14.3. The lowest BCUT2D eigenvalue weighted by molar-refractivity contribution is 0.0596. The highest BCUT2D eigenvalue weighted by molar-refractivity contribution is 6.30. The van der Waals surface area contributed by atoms with E-state index in [0.717, 1.165) is 11.1 Å². The molecule has 3 nitrogen and oxygen atoms in total. The molecule has 82 valence electrons. The van der Waals surface area contributed by atoms with Gasteiger partial charge in [-0.1, -0.05) is 23.7 Å². The Morgan fingerprint density at radius 2 is 2.19 bits per heavy atom. The van der Waals surface area contributed by atoms with Crippen molar-refractivity contribution in [2.24, 2.45) is 0 Å². The van der Waals surface area contributed by atoms with E-state index in [1.54, 1.807) is 18.3 Å². The summed E-state index contributed by atoms with van der Waals surface area (Å²) in [5.41, 5.74) is 2.10. The lowest BCUT2D eigenvalue weighted by Crippen LogP contribution is -2.03. The van der Waals surface area contributed by atoms with Gasteiger partial charge in [0.05, 0.1) is 7.11 Å². The zero-order valence-electron chi connectivity index (χ0n) is 8.66. The Kier molecular flexibility index (Phi) is 2.97. The van der Waals surface area contributed by atoms with Crippen LogP contribution in [0.5, 0.6) is 0 Å². The van der Waals surface area contributed by atoms with Crippen molar-refractivity contribution in [3.63, 3.8) is 0 Å². The Bertz CT molecular complexity index is 519. The van der Waals surface area contributed by atoms with E-state index in [1.807, 2.05) is 18.2 Å². The molecule has 16 heavy (non-hydrogen) atoms.